The van der Waals surface area contributed by atoms with Gasteiger partial charge in [-0.1, -0.05) is 56.8 Å². The number of aliphatic hydroxyl groups is 1. The van der Waals surface area contributed by atoms with E-state index in [1.807, 2.05) is 48.5 Å². The van der Waals surface area contributed by atoms with E-state index < -0.39 is 41.4 Å². The summed E-state index contributed by atoms with van der Waals surface area (Å²) in [6.07, 6.45) is 0. The molecule has 0 atom stereocenters. The highest BCUT2D eigenvalue weighted by molar-refractivity contribution is 6.45. The summed E-state index contributed by atoms with van der Waals surface area (Å²) in [5, 5.41) is 19.4. The van der Waals surface area contributed by atoms with Crippen LogP contribution in [0.1, 0.15) is 57.1 Å². The number of aliphatic carboxylic acids is 1. The number of carboxylic acids is 1. The largest absolute Gasteiger partial charge is 0.509 e. The molecule has 15 nitrogen and oxygen atoms in total. The molecular weight excluding hydrogens is 761 g/mol. The number of carboxylic acid groups (broad SMARTS) is 1. The van der Waals surface area contributed by atoms with Gasteiger partial charge in [-0.2, -0.15) is 0 Å². The third-order valence-corrected chi connectivity index (χ3v) is 10.1. The molecule has 0 aliphatic heterocycles. The molecule has 6 N–H and O–H groups in total. The van der Waals surface area contributed by atoms with Gasteiger partial charge in [-0.3, -0.25) is 19.2 Å². The summed E-state index contributed by atoms with van der Waals surface area (Å²) in [5.74, 6) is -4.04. The number of ketones is 2. The Labute approximate surface area is 337 Å². The molecule has 59 heavy (non-hydrogen) atoms. The molecule has 0 unspecified atom stereocenters. The van der Waals surface area contributed by atoms with Crippen LogP contribution in [-0.2, 0) is 33.3 Å². The number of aromatic nitrogens is 2. The van der Waals surface area contributed by atoms with Crippen LogP contribution in [0.15, 0.2) is 97.3 Å². The Bertz CT molecular complexity index is 2470. The van der Waals surface area contributed by atoms with Gasteiger partial charge in [0.05, 0.1) is 32.9 Å². The van der Waals surface area contributed by atoms with Crippen molar-refractivity contribution in [2.75, 3.05) is 13.2 Å². The number of Topliss-reactive ketones (excluding diaryl/α,β-unsaturated/α-hetero) is 2. The summed E-state index contributed by atoms with van der Waals surface area (Å²) in [5.41, 5.74) is 14.3. The van der Waals surface area contributed by atoms with Crippen molar-refractivity contribution in [2.45, 2.75) is 46.6 Å². The van der Waals surface area contributed by atoms with Gasteiger partial charge in [0.2, 0.25) is 0 Å². The first-order valence-corrected chi connectivity index (χ1v) is 18.2. The van der Waals surface area contributed by atoms with E-state index in [2.05, 4.69) is 20.4 Å². The molecule has 0 spiro atoms. The molecule has 0 fully saturated rings. The summed E-state index contributed by atoms with van der Waals surface area (Å²) in [4.78, 5) is 61.0. The van der Waals surface area contributed by atoms with Crippen molar-refractivity contribution >= 4 is 51.2 Å². The van der Waals surface area contributed by atoms with E-state index in [4.69, 9.17) is 35.5 Å². The van der Waals surface area contributed by atoms with Gasteiger partial charge >= 0.3 is 5.97 Å². The molecule has 0 saturated carbocycles. The molecule has 0 saturated heterocycles. The quantitative estimate of drug-likeness (QED) is 0.0457. The van der Waals surface area contributed by atoms with Crippen molar-refractivity contribution in [1.29, 1.82) is 0 Å². The number of hydrogen-bond donors (Lipinski definition) is 4. The van der Waals surface area contributed by atoms with E-state index in [0.29, 0.717) is 39.3 Å². The van der Waals surface area contributed by atoms with E-state index >= 15 is 0 Å². The average molecular weight is 803 g/mol. The number of hydrogen-bond acceptors (Lipinski definition) is 10. The zero-order valence-corrected chi connectivity index (χ0v) is 32.7. The van der Waals surface area contributed by atoms with Gasteiger partial charge in [0, 0.05) is 16.8 Å². The Balaban J connectivity index is 1.18. The second-order valence-electron chi connectivity index (χ2n) is 14.2. The van der Waals surface area contributed by atoms with E-state index in [-0.39, 0.29) is 53.8 Å². The van der Waals surface area contributed by atoms with Crippen molar-refractivity contribution in [3.05, 3.63) is 131 Å². The third kappa shape index (κ3) is 8.16. The lowest BCUT2D eigenvalue weighted by molar-refractivity contribution is -0.139. The molecule has 2 amide bonds. The van der Waals surface area contributed by atoms with Gasteiger partial charge in [-0.05, 0) is 73.5 Å². The lowest BCUT2D eigenvalue weighted by atomic mass is 9.78. The van der Waals surface area contributed by atoms with Crippen LogP contribution >= 0.6 is 0 Å². The number of amides is 2. The molecule has 6 rings (SSSR count). The minimum atomic E-state index is -1.20. The molecule has 0 aliphatic carbocycles. The number of carbonyl (C=O) groups is 5. The summed E-state index contributed by atoms with van der Waals surface area (Å²) in [6.45, 7) is 10.0. The Kier molecular flexibility index (Phi) is 11.5. The number of benzene rings is 4. The Morgan fingerprint density at radius 3 is 1.36 bits per heavy atom. The van der Waals surface area contributed by atoms with Gasteiger partial charge in [0.25, 0.3) is 23.4 Å². The molecule has 0 aliphatic rings. The Hall–Kier alpha value is -7.55. The molecule has 6 aromatic rings. The molecule has 304 valence electrons. The van der Waals surface area contributed by atoms with E-state index in [0.717, 1.165) is 11.1 Å². The van der Waals surface area contributed by atoms with Crippen LogP contribution in [0.4, 0.5) is 0 Å². The lowest BCUT2D eigenvalue weighted by Crippen LogP contribution is -2.24. The maximum atomic E-state index is 13.0. The fraction of sp³-hybridized carbons (Fsp3) is 0.205. The fourth-order valence-corrected chi connectivity index (χ4v) is 7.04. The minimum Gasteiger partial charge on any atom is -0.509 e. The topological polar surface area (TPSA) is 225 Å². The highest BCUT2D eigenvalue weighted by Gasteiger charge is 2.29. The second-order valence-corrected chi connectivity index (χ2v) is 14.2. The highest BCUT2D eigenvalue weighted by Crippen LogP contribution is 2.37. The number of carbonyl (C=O) groups excluding carboxylic acids is 4. The molecule has 15 heteroatoms. The summed E-state index contributed by atoms with van der Waals surface area (Å²) >= 11 is 0. The molecule has 0 radical (unpaired) electrons. The normalized spacial score (nSPS) is 11.3. The smallest absolute Gasteiger partial charge is 0.341 e. The molecule has 2 aromatic heterocycles. The van der Waals surface area contributed by atoms with Crippen LogP contribution in [0.5, 0.6) is 23.0 Å². The van der Waals surface area contributed by atoms with Crippen LogP contribution in [0, 0.1) is 13.8 Å². The monoisotopic (exact) mass is 802 g/mol. The number of fused-ring (bicyclic) bond motifs is 2. The van der Waals surface area contributed by atoms with Gasteiger partial charge < -0.3 is 49.8 Å². The van der Waals surface area contributed by atoms with Crippen LogP contribution in [-0.4, -0.2) is 61.9 Å². The highest BCUT2D eigenvalue weighted by atomic mass is 16.5. The summed E-state index contributed by atoms with van der Waals surface area (Å²) in [6, 6.07) is 25.1. The maximum Gasteiger partial charge on any atom is 0.341 e. The van der Waals surface area contributed by atoms with Gasteiger partial charge in [-0.25, -0.2) is 4.79 Å². The second kappa shape index (κ2) is 16.5. The minimum absolute atomic E-state index is 0.00447. The zero-order valence-electron chi connectivity index (χ0n) is 32.7. The Morgan fingerprint density at radius 2 is 1.00 bits per heavy atom. The number of aliphatic hydroxyl groups excluding tert-OH is 1. The summed E-state index contributed by atoms with van der Waals surface area (Å²) < 4.78 is 26.9. The number of ether oxygens (including phenoxy) is 4. The van der Waals surface area contributed by atoms with Crippen LogP contribution in [0.3, 0.4) is 0 Å². The van der Waals surface area contributed by atoms with Crippen molar-refractivity contribution in [3.63, 3.8) is 0 Å². The third-order valence-electron chi connectivity index (χ3n) is 10.1. The van der Waals surface area contributed by atoms with Crippen molar-refractivity contribution in [1.82, 2.24) is 9.13 Å². The first kappa shape index (κ1) is 41.1. The molecule has 2 heterocycles. The standard InChI is InChI=1S/C44H42N4O11/c1-24(49)20-56-33-10-6-8-31-38(33)36(40(52)42(45)54)25(2)47(31)22-58-29-16-12-27(13-17-29)44(4,5)28-14-18-30(19-15-28)59-23-48-26(3)37(41(53)43(46)55)39-32(48)9-7-11-34(39)57-21-35(50)51/h6-19,49H,1,20-23H2,2-5H3,(H2,45,54)(H2,46,55)(H,50,51). The Morgan fingerprint density at radius 1 is 0.610 bits per heavy atom. The molecular formula is C44H42N4O11. The first-order valence-electron chi connectivity index (χ1n) is 18.2. The number of rotatable bonds is 18. The predicted molar refractivity (Wildman–Crippen MR) is 217 cm³/mol. The van der Waals surface area contributed by atoms with Crippen molar-refractivity contribution < 1.29 is 53.1 Å². The van der Waals surface area contributed by atoms with E-state index in [1.54, 1.807) is 53.3 Å². The predicted octanol–water partition coefficient (Wildman–Crippen LogP) is 5.86. The number of nitrogens with two attached hydrogens (primary N) is 2. The zero-order chi connectivity index (χ0) is 42.8. The fourth-order valence-electron chi connectivity index (χ4n) is 7.04. The van der Waals surface area contributed by atoms with Crippen LogP contribution in [0.2, 0.25) is 0 Å². The van der Waals surface area contributed by atoms with Gasteiger partial charge in [0.1, 0.15) is 35.4 Å². The van der Waals surface area contributed by atoms with E-state index in [9.17, 15) is 29.1 Å². The van der Waals surface area contributed by atoms with Crippen molar-refractivity contribution in [2.24, 2.45) is 11.5 Å². The summed E-state index contributed by atoms with van der Waals surface area (Å²) in [7, 11) is 0. The van der Waals surface area contributed by atoms with Gasteiger partial charge in [0.15, 0.2) is 20.1 Å². The maximum absolute atomic E-state index is 13.0. The number of primary amides is 2. The molecule has 4 aromatic carbocycles. The van der Waals surface area contributed by atoms with E-state index in [1.165, 1.54) is 6.07 Å². The first-order chi connectivity index (χ1) is 28.0. The number of nitrogens with zero attached hydrogens (tertiary/aromatic N) is 2. The SMILES string of the molecule is C=C(O)COc1cccc2c1c(C(=O)C(N)=O)c(C)n2COc1ccc(C(C)(C)c2ccc(OCn3c(C)c(C(=O)C(N)=O)c4c(OCC(=O)O)cccc43)cc2)cc1. The van der Waals surface area contributed by atoms with Gasteiger partial charge in [-0.15, -0.1) is 0 Å². The average Bonchev–Trinajstić information content (AvgIpc) is 3.66. The lowest BCUT2D eigenvalue weighted by Gasteiger charge is -2.26. The van der Waals surface area contributed by atoms with Crippen molar-refractivity contribution in [3.8, 4) is 23.0 Å². The molecule has 0 bridgehead atoms. The van der Waals surface area contributed by atoms with Crippen LogP contribution < -0.4 is 30.4 Å². The van der Waals surface area contributed by atoms with Crippen LogP contribution in [0.25, 0.3) is 21.8 Å².